The maximum absolute atomic E-state index is 13.7. The number of fused-ring (bicyclic) bond motifs is 1. The van der Waals surface area contributed by atoms with Gasteiger partial charge in [0, 0.05) is 11.4 Å². The van der Waals surface area contributed by atoms with E-state index in [1.54, 1.807) is 30.2 Å². The highest BCUT2D eigenvalue weighted by atomic mass is 16.5. The molecule has 3 heterocycles. The molecule has 2 N–H and O–H groups in total. The van der Waals surface area contributed by atoms with Crippen LogP contribution in [0.4, 0.5) is 11.6 Å². The summed E-state index contributed by atoms with van der Waals surface area (Å²) in [6.07, 6.45) is 1.57. The van der Waals surface area contributed by atoms with Gasteiger partial charge in [-0.05, 0) is 54.4 Å². The zero-order valence-electron chi connectivity index (χ0n) is 22.0. The lowest BCUT2D eigenvalue weighted by molar-refractivity contribution is -0.113. The van der Waals surface area contributed by atoms with Crippen LogP contribution in [0, 0.1) is 0 Å². The van der Waals surface area contributed by atoms with E-state index in [1.807, 2.05) is 85.8 Å². The molecule has 1 aliphatic rings. The molecule has 2 aromatic heterocycles. The van der Waals surface area contributed by atoms with Crippen molar-refractivity contribution in [2.24, 2.45) is 0 Å². The van der Waals surface area contributed by atoms with Gasteiger partial charge in [0.2, 0.25) is 11.8 Å². The van der Waals surface area contributed by atoms with Crippen LogP contribution in [0.15, 0.2) is 113 Å². The van der Waals surface area contributed by atoms with E-state index in [2.05, 4.69) is 15.6 Å². The van der Waals surface area contributed by atoms with Crippen LogP contribution in [-0.2, 0) is 11.4 Å². The standard InChI is InChI=1S/C31H27N5O4/c1-20-27(30(37)33-23-12-7-4-8-13-23)28(36-31(32-20)34-29(35-36)25-14-9-17-39-25)22-15-16-24(26(18-22)38-2)40-19-21-10-5-3-6-11-21/h3-18,28H,19H2,1-2H3,(H,33,37)(H,32,34,35). The summed E-state index contributed by atoms with van der Waals surface area (Å²) < 4.78 is 19.0. The predicted octanol–water partition coefficient (Wildman–Crippen LogP) is 6.05. The summed E-state index contributed by atoms with van der Waals surface area (Å²) in [7, 11) is 1.59. The van der Waals surface area contributed by atoms with Gasteiger partial charge >= 0.3 is 0 Å². The maximum atomic E-state index is 13.7. The molecule has 0 saturated heterocycles. The first-order valence-corrected chi connectivity index (χ1v) is 12.8. The fourth-order valence-electron chi connectivity index (χ4n) is 4.69. The molecule has 200 valence electrons. The molecule has 0 bridgehead atoms. The molecular formula is C31H27N5O4. The number of rotatable bonds is 8. The van der Waals surface area contributed by atoms with Crippen molar-refractivity contribution in [1.82, 2.24) is 14.8 Å². The van der Waals surface area contributed by atoms with E-state index in [0.29, 0.717) is 52.6 Å². The molecule has 1 aliphatic heterocycles. The Balaban J connectivity index is 1.39. The molecule has 3 aromatic carbocycles. The van der Waals surface area contributed by atoms with Crippen LogP contribution in [0.1, 0.15) is 24.1 Å². The Kier molecular flexibility index (Phi) is 6.76. The third-order valence-electron chi connectivity index (χ3n) is 6.61. The van der Waals surface area contributed by atoms with E-state index >= 15 is 0 Å². The number of nitrogens with one attached hydrogen (secondary N) is 2. The molecular weight excluding hydrogens is 506 g/mol. The molecule has 0 aliphatic carbocycles. The second kappa shape index (κ2) is 10.8. The van der Waals surface area contributed by atoms with Crippen molar-refractivity contribution in [2.45, 2.75) is 19.6 Å². The average molecular weight is 534 g/mol. The number of amides is 1. The van der Waals surface area contributed by atoms with Crippen LogP contribution in [0.25, 0.3) is 11.6 Å². The van der Waals surface area contributed by atoms with E-state index in [0.717, 1.165) is 11.1 Å². The largest absolute Gasteiger partial charge is 0.493 e. The van der Waals surface area contributed by atoms with E-state index in [1.165, 1.54) is 0 Å². The van der Waals surface area contributed by atoms with Gasteiger partial charge in [-0.15, -0.1) is 5.10 Å². The van der Waals surface area contributed by atoms with Crippen molar-refractivity contribution in [2.75, 3.05) is 17.7 Å². The van der Waals surface area contributed by atoms with Crippen molar-refractivity contribution in [3.8, 4) is 23.1 Å². The molecule has 5 aromatic rings. The molecule has 0 radical (unpaired) electrons. The summed E-state index contributed by atoms with van der Waals surface area (Å²) in [5, 5.41) is 11.0. The number of carbonyl (C=O) groups is 1. The van der Waals surface area contributed by atoms with Gasteiger partial charge in [0.1, 0.15) is 12.6 Å². The van der Waals surface area contributed by atoms with Gasteiger partial charge in [-0.25, -0.2) is 4.68 Å². The van der Waals surface area contributed by atoms with Gasteiger partial charge in [-0.3, -0.25) is 4.79 Å². The first-order valence-electron chi connectivity index (χ1n) is 12.8. The monoisotopic (exact) mass is 533 g/mol. The Morgan fingerprint density at radius 1 is 1.00 bits per heavy atom. The number of nitrogens with zero attached hydrogens (tertiary/aromatic N) is 3. The average Bonchev–Trinajstić information content (AvgIpc) is 3.67. The lowest BCUT2D eigenvalue weighted by Gasteiger charge is -2.29. The SMILES string of the molecule is COc1cc(C2C(C(=O)Nc3ccccc3)=C(C)Nc3nc(-c4ccco4)nn32)ccc1OCc1ccccc1. The van der Waals surface area contributed by atoms with E-state index in [4.69, 9.17) is 19.0 Å². The van der Waals surface area contributed by atoms with Gasteiger partial charge < -0.3 is 24.5 Å². The second-order valence-corrected chi connectivity index (χ2v) is 9.25. The van der Waals surface area contributed by atoms with Crippen LogP contribution in [0.5, 0.6) is 11.5 Å². The first kappa shape index (κ1) is 25.0. The highest BCUT2D eigenvalue weighted by Gasteiger charge is 2.35. The Bertz CT molecular complexity index is 1660. The molecule has 1 atom stereocenters. The quantitative estimate of drug-likeness (QED) is 0.250. The number of para-hydroxylation sites is 1. The smallest absolute Gasteiger partial charge is 0.255 e. The van der Waals surface area contributed by atoms with Gasteiger partial charge in [0.05, 0.1) is 18.9 Å². The van der Waals surface area contributed by atoms with Crippen molar-refractivity contribution < 1.29 is 18.7 Å². The molecule has 40 heavy (non-hydrogen) atoms. The van der Waals surface area contributed by atoms with Crippen LogP contribution >= 0.6 is 0 Å². The topological polar surface area (TPSA) is 103 Å². The summed E-state index contributed by atoms with van der Waals surface area (Å²) in [5.41, 5.74) is 3.66. The fraction of sp³-hybridized carbons (Fsp3) is 0.129. The molecule has 0 spiro atoms. The van der Waals surface area contributed by atoms with Gasteiger partial charge in [-0.2, -0.15) is 4.98 Å². The summed E-state index contributed by atoms with van der Waals surface area (Å²) in [4.78, 5) is 18.4. The number of carbonyl (C=O) groups excluding carboxylic acids is 1. The van der Waals surface area contributed by atoms with Crippen molar-refractivity contribution in [3.63, 3.8) is 0 Å². The molecule has 6 rings (SSSR count). The van der Waals surface area contributed by atoms with Crippen LogP contribution < -0.4 is 20.1 Å². The molecule has 9 nitrogen and oxygen atoms in total. The molecule has 0 saturated carbocycles. The lowest BCUT2D eigenvalue weighted by Crippen LogP contribution is -2.31. The maximum Gasteiger partial charge on any atom is 0.255 e. The number of anilines is 2. The number of furan rings is 1. The number of hydrogen-bond acceptors (Lipinski definition) is 7. The van der Waals surface area contributed by atoms with E-state index < -0.39 is 6.04 Å². The molecule has 1 amide bonds. The van der Waals surface area contributed by atoms with Crippen LogP contribution in [0.3, 0.4) is 0 Å². The Hall–Kier alpha value is -5.31. The van der Waals surface area contributed by atoms with Crippen molar-refractivity contribution in [3.05, 3.63) is 120 Å². The zero-order chi connectivity index (χ0) is 27.5. The van der Waals surface area contributed by atoms with E-state index in [9.17, 15) is 4.79 Å². The Morgan fingerprint density at radius 3 is 2.50 bits per heavy atom. The minimum atomic E-state index is -0.603. The first-order chi connectivity index (χ1) is 19.6. The van der Waals surface area contributed by atoms with Crippen LogP contribution in [-0.4, -0.2) is 27.8 Å². The third kappa shape index (κ3) is 4.92. The number of methoxy groups -OCH3 is 1. The summed E-state index contributed by atoms with van der Waals surface area (Å²) in [6, 6.07) is 27.9. The second-order valence-electron chi connectivity index (χ2n) is 9.25. The summed E-state index contributed by atoms with van der Waals surface area (Å²) in [5.74, 6) is 2.30. The molecule has 9 heteroatoms. The molecule has 0 fully saturated rings. The normalized spacial score (nSPS) is 14.3. The predicted molar refractivity (Wildman–Crippen MR) is 151 cm³/mol. The van der Waals surface area contributed by atoms with Gasteiger partial charge in [0.25, 0.3) is 5.91 Å². The van der Waals surface area contributed by atoms with Gasteiger partial charge in [-0.1, -0.05) is 54.6 Å². The van der Waals surface area contributed by atoms with Gasteiger partial charge in [0.15, 0.2) is 17.3 Å². The Morgan fingerprint density at radius 2 is 1.77 bits per heavy atom. The highest BCUT2D eigenvalue weighted by Crippen LogP contribution is 2.40. The zero-order valence-corrected chi connectivity index (χ0v) is 22.0. The van der Waals surface area contributed by atoms with Crippen LogP contribution in [0.2, 0.25) is 0 Å². The van der Waals surface area contributed by atoms with E-state index in [-0.39, 0.29) is 5.91 Å². The number of ether oxygens (including phenoxy) is 2. The number of benzene rings is 3. The highest BCUT2D eigenvalue weighted by molar-refractivity contribution is 6.06. The fourth-order valence-corrected chi connectivity index (χ4v) is 4.69. The number of hydrogen-bond donors (Lipinski definition) is 2. The number of aromatic nitrogens is 3. The minimum Gasteiger partial charge on any atom is -0.493 e. The minimum absolute atomic E-state index is 0.259. The summed E-state index contributed by atoms with van der Waals surface area (Å²) >= 11 is 0. The number of allylic oxidation sites excluding steroid dienone is 1. The Labute approximate surface area is 231 Å². The summed E-state index contributed by atoms with van der Waals surface area (Å²) in [6.45, 7) is 2.25. The third-order valence-corrected chi connectivity index (χ3v) is 6.61. The lowest BCUT2D eigenvalue weighted by atomic mass is 9.94. The van der Waals surface area contributed by atoms with Crippen molar-refractivity contribution in [1.29, 1.82) is 0 Å². The molecule has 1 unspecified atom stereocenters. The van der Waals surface area contributed by atoms with Crippen molar-refractivity contribution >= 4 is 17.5 Å².